The molecule has 2 aliphatic rings. The second-order valence-corrected chi connectivity index (χ2v) is 4.81. The van der Waals surface area contributed by atoms with Crippen LogP contribution in [0.15, 0.2) is 0 Å². The Labute approximate surface area is 101 Å². The van der Waals surface area contributed by atoms with Crippen LogP contribution in [0.25, 0.3) is 0 Å². The molecule has 2 rings (SSSR count). The van der Waals surface area contributed by atoms with Crippen molar-refractivity contribution >= 4 is 11.8 Å². The first-order valence-electron chi connectivity index (χ1n) is 6.40. The van der Waals surface area contributed by atoms with Crippen LogP contribution in [0, 0.1) is 0 Å². The first kappa shape index (κ1) is 12.5. The number of aliphatic hydroxyl groups is 1. The van der Waals surface area contributed by atoms with Crippen LogP contribution in [0.5, 0.6) is 0 Å². The molecule has 2 saturated heterocycles. The number of carbonyl (C=O) groups excluding carboxylic acids is 2. The van der Waals surface area contributed by atoms with Crippen molar-refractivity contribution in [2.45, 2.75) is 38.1 Å². The summed E-state index contributed by atoms with van der Waals surface area (Å²) in [6, 6.07) is 0.205. The predicted octanol–water partition coefficient (Wildman–Crippen LogP) is -0.0178. The third kappa shape index (κ3) is 2.84. The van der Waals surface area contributed by atoms with Gasteiger partial charge in [-0.05, 0) is 19.4 Å². The van der Waals surface area contributed by atoms with E-state index in [4.69, 9.17) is 0 Å². The first-order chi connectivity index (χ1) is 8.22. The van der Waals surface area contributed by atoms with E-state index in [2.05, 4.69) is 4.90 Å². The highest BCUT2D eigenvalue weighted by Crippen LogP contribution is 2.17. The lowest BCUT2D eigenvalue weighted by atomic mass is 10.0. The summed E-state index contributed by atoms with van der Waals surface area (Å²) in [6.07, 6.45) is 4.03. The third-order valence-corrected chi connectivity index (χ3v) is 3.73. The smallest absolute Gasteiger partial charge is 0.229 e. The van der Waals surface area contributed by atoms with E-state index in [1.54, 1.807) is 0 Å². The summed E-state index contributed by atoms with van der Waals surface area (Å²) in [5.41, 5.74) is 0. The van der Waals surface area contributed by atoms with E-state index in [9.17, 15) is 14.7 Å². The second-order valence-electron chi connectivity index (χ2n) is 4.81. The fourth-order valence-electron chi connectivity index (χ4n) is 2.66. The fourth-order valence-corrected chi connectivity index (χ4v) is 2.66. The van der Waals surface area contributed by atoms with E-state index in [1.807, 2.05) is 0 Å². The van der Waals surface area contributed by atoms with Crippen molar-refractivity contribution < 1.29 is 14.7 Å². The molecule has 0 aromatic rings. The lowest BCUT2D eigenvalue weighted by molar-refractivity contribution is -0.138. The Morgan fingerprint density at radius 3 is 2.47 bits per heavy atom. The number of imide groups is 1. The normalized spacial score (nSPS) is 26.9. The first-order valence-corrected chi connectivity index (χ1v) is 6.40. The number of carbonyl (C=O) groups is 2. The number of amides is 2. The summed E-state index contributed by atoms with van der Waals surface area (Å²) in [7, 11) is 0. The van der Waals surface area contributed by atoms with Crippen molar-refractivity contribution in [1.29, 1.82) is 0 Å². The number of aliphatic hydroxyl groups excluding tert-OH is 1. The van der Waals surface area contributed by atoms with Gasteiger partial charge in [0.25, 0.3) is 0 Å². The van der Waals surface area contributed by atoms with Gasteiger partial charge in [0.1, 0.15) is 0 Å². The number of nitrogens with zero attached hydrogens (tertiary/aromatic N) is 2. The quantitative estimate of drug-likeness (QED) is 0.702. The van der Waals surface area contributed by atoms with Gasteiger partial charge in [0.15, 0.2) is 0 Å². The molecule has 0 aliphatic carbocycles. The molecule has 0 spiro atoms. The molecule has 0 aromatic carbocycles. The molecule has 2 amide bonds. The average Bonchev–Trinajstić information content (AvgIpc) is 2.67. The summed E-state index contributed by atoms with van der Waals surface area (Å²) in [4.78, 5) is 26.5. The number of likely N-dealkylation sites (tertiary alicyclic amines) is 2. The van der Waals surface area contributed by atoms with Crippen molar-refractivity contribution in [3.05, 3.63) is 0 Å². The van der Waals surface area contributed by atoms with Gasteiger partial charge in [-0.3, -0.25) is 19.4 Å². The zero-order valence-corrected chi connectivity index (χ0v) is 10.1. The molecule has 96 valence electrons. The van der Waals surface area contributed by atoms with Crippen molar-refractivity contribution in [2.24, 2.45) is 0 Å². The third-order valence-electron chi connectivity index (χ3n) is 3.73. The number of hydrogen-bond donors (Lipinski definition) is 1. The van der Waals surface area contributed by atoms with Gasteiger partial charge in [-0.15, -0.1) is 0 Å². The Morgan fingerprint density at radius 2 is 1.82 bits per heavy atom. The average molecular weight is 240 g/mol. The van der Waals surface area contributed by atoms with Gasteiger partial charge in [0.05, 0.1) is 6.61 Å². The van der Waals surface area contributed by atoms with Crippen LogP contribution in [-0.2, 0) is 9.59 Å². The van der Waals surface area contributed by atoms with E-state index >= 15 is 0 Å². The van der Waals surface area contributed by atoms with Gasteiger partial charge in [-0.25, -0.2) is 0 Å². The maximum atomic E-state index is 11.4. The van der Waals surface area contributed by atoms with Crippen LogP contribution in [-0.4, -0.2) is 59.0 Å². The molecule has 0 bridgehead atoms. The van der Waals surface area contributed by atoms with Gasteiger partial charge in [-0.1, -0.05) is 6.42 Å². The van der Waals surface area contributed by atoms with Crippen molar-refractivity contribution in [3.63, 3.8) is 0 Å². The highest BCUT2D eigenvalue weighted by atomic mass is 16.3. The number of piperidine rings is 1. The van der Waals surface area contributed by atoms with E-state index in [0.717, 1.165) is 25.8 Å². The minimum absolute atomic E-state index is 0.0486. The van der Waals surface area contributed by atoms with E-state index in [-0.39, 0.29) is 24.5 Å². The number of hydrogen-bond acceptors (Lipinski definition) is 4. The van der Waals surface area contributed by atoms with Gasteiger partial charge >= 0.3 is 0 Å². The summed E-state index contributed by atoms with van der Waals surface area (Å²) < 4.78 is 0. The molecule has 0 aromatic heterocycles. The summed E-state index contributed by atoms with van der Waals surface area (Å²) >= 11 is 0. The fraction of sp³-hybridized carbons (Fsp3) is 0.833. The standard InChI is InChI=1S/C12H20N2O3/c15-9-10-3-1-2-6-13(10)7-8-14-11(16)4-5-12(14)17/h10,15H,1-9H2. The largest absolute Gasteiger partial charge is 0.395 e. The molecule has 17 heavy (non-hydrogen) atoms. The second kappa shape index (κ2) is 5.60. The van der Waals surface area contributed by atoms with Crippen molar-refractivity contribution in [1.82, 2.24) is 9.80 Å². The zero-order valence-electron chi connectivity index (χ0n) is 10.1. The predicted molar refractivity (Wildman–Crippen MR) is 62.3 cm³/mol. The van der Waals surface area contributed by atoms with Crippen LogP contribution in [0.1, 0.15) is 32.1 Å². The van der Waals surface area contributed by atoms with Crippen LogP contribution in [0.4, 0.5) is 0 Å². The molecule has 0 radical (unpaired) electrons. The monoisotopic (exact) mass is 240 g/mol. The SMILES string of the molecule is O=C1CCC(=O)N1CCN1CCCCC1CO. The minimum Gasteiger partial charge on any atom is -0.395 e. The molecular weight excluding hydrogens is 220 g/mol. The molecule has 2 fully saturated rings. The zero-order chi connectivity index (χ0) is 12.3. The molecule has 1 N–H and O–H groups in total. The Hall–Kier alpha value is -0.940. The van der Waals surface area contributed by atoms with Crippen molar-refractivity contribution in [2.75, 3.05) is 26.2 Å². The Morgan fingerprint density at radius 1 is 1.12 bits per heavy atom. The topological polar surface area (TPSA) is 60.9 Å². The molecule has 2 heterocycles. The number of rotatable bonds is 4. The molecule has 5 heteroatoms. The van der Waals surface area contributed by atoms with E-state index in [1.165, 1.54) is 4.90 Å². The van der Waals surface area contributed by atoms with Crippen LogP contribution in [0.3, 0.4) is 0 Å². The molecular formula is C12H20N2O3. The van der Waals surface area contributed by atoms with Gasteiger partial charge < -0.3 is 5.11 Å². The highest BCUT2D eigenvalue weighted by molar-refractivity contribution is 6.01. The van der Waals surface area contributed by atoms with E-state index in [0.29, 0.717) is 25.9 Å². The minimum atomic E-state index is -0.0486. The van der Waals surface area contributed by atoms with Gasteiger partial charge in [0.2, 0.25) is 11.8 Å². The van der Waals surface area contributed by atoms with Crippen LogP contribution < -0.4 is 0 Å². The molecule has 2 aliphatic heterocycles. The summed E-state index contributed by atoms with van der Waals surface area (Å²) in [5.74, 6) is -0.0971. The van der Waals surface area contributed by atoms with E-state index < -0.39 is 0 Å². The van der Waals surface area contributed by atoms with Crippen molar-refractivity contribution in [3.8, 4) is 0 Å². The van der Waals surface area contributed by atoms with Crippen LogP contribution in [0.2, 0.25) is 0 Å². The lowest BCUT2D eigenvalue weighted by Crippen LogP contribution is -2.46. The van der Waals surface area contributed by atoms with Gasteiger partial charge in [-0.2, -0.15) is 0 Å². The maximum absolute atomic E-state index is 11.4. The van der Waals surface area contributed by atoms with Gasteiger partial charge in [0, 0.05) is 32.0 Å². The Bertz CT molecular complexity index is 290. The Kier molecular flexibility index (Phi) is 4.12. The molecule has 0 saturated carbocycles. The molecule has 1 atom stereocenters. The molecule has 5 nitrogen and oxygen atoms in total. The summed E-state index contributed by atoms with van der Waals surface area (Å²) in [5, 5.41) is 9.27. The maximum Gasteiger partial charge on any atom is 0.229 e. The van der Waals surface area contributed by atoms with Crippen LogP contribution >= 0.6 is 0 Å². The highest BCUT2D eigenvalue weighted by Gasteiger charge is 2.30. The molecule has 1 unspecified atom stereocenters. The Balaban J connectivity index is 1.84. The lowest BCUT2D eigenvalue weighted by Gasteiger charge is -2.35. The summed E-state index contributed by atoms with van der Waals surface area (Å²) in [6.45, 7) is 2.31.